The van der Waals surface area contributed by atoms with Gasteiger partial charge in [-0.25, -0.2) is 5.43 Å². The number of benzene rings is 1. The summed E-state index contributed by atoms with van der Waals surface area (Å²) in [6, 6.07) is 5.29. The summed E-state index contributed by atoms with van der Waals surface area (Å²) in [5.74, 6) is -0.139. The van der Waals surface area contributed by atoms with Crippen LogP contribution in [0.5, 0.6) is 5.75 Å². The van der Waals surface area contributed by atoms with Gasteiger partial charge in [-0.15, -0.1) is 0 Å². The van der Waals surface area contributed by atoms with E-state index in [0.717, 1.165) is 11.3 Å². The minimum absolute atomic E-state index is 0.0936. The lowest BCUT2D eigenvalue weighted by Crippen LogP contribution is -2.42. The summed E-state index contributed by atoms with van der Waals surface area (Å²) in [4.78, 5) is 22.9. The Morgan fingerprint density at radius 3 is 2.79 bits per heavy atom. The summed E-state index contributed by atoms with van der Waals surface area (Å²) >= 11 is 6.24. The minimum Gasteiger partial charge on any atom is -0.491 e. The fraction of sp³-hybridized carbons (Fsp3) is 0.438. The zero-order valence-electron chi connectivity index (χ0n) is 13.6. The van der Waals surface area contributed by atoms with E-state index in [9.17, 15) is 9.59 Å². The Hall–Kier alpha value is -2.12. The number of nitrogens with two attached hydrogens (primary N) is 1. The van der Waals surface area contributed by atoms with Gasteiger partial charge < -0.3 is 15.8 Å². The Balaban J connectivity index is 1.97. The number of carbonyl (C=O) groups excluding carboxylic acids is 2. The molecule has 130 valence electrons. The smallest absolute Gasteiger partial charge is 0.240 e. The Morgan fingerprint density at radius 1 is 1.46 bits per heavy atom. The molecule has 0 saturated carbocycles. The summed E-state index contributed by atoms with van der Waals surface area (Å²) in [6.07, 6.45) is 0.567. The van der Waals surface area contributed by atoms with E-state index in [4.69, 9.17) is 22.1 Å². The first-order valence-corrected chi connectivity index (χ1v) is 8.08. The molecule has 1 aromatic carbocycles. The van der Waals surface area contributed by atoms with Gasteiger partial charge in [0.15, 0.2) is 0 Å². The van der Waals surface area contributed by atoms with Gasteiger partial charge in [0, 0.05) is 12.8 Å². The Labute approximate surface area is 145 Å². The standard InChI is InChI=1S/C16H21ClN4O3/c1-9(16(23)19-10(2)18)8-24-14-5-3-11(7-12(14)17)13-4-6-15(22)21-20-13/h3,5,7,9-10H,4,6,8,18H2,1-2H3,(H,19,23)(H,21,22). The van der Waals surface area contributed by atoms with Crippen LogP contribution in [0.25, 0.3) is 0 Å². The number of nitrogens with zero attached hydrogens (tertiary/aromatic N) is 1. The molecule has 0 saturated heterocycles. The third-order valence-electron chi connectivity index (χ3n) is 3.48. The Morgan fingerprint density at radius 2 is 2.21 bits per heavy atom. The number of hydrazone groups is 1. The van der Waals surface area contributed by atoms with Crippen LogP contribution in [0.2, 0.25) is 5.02 Å². The average molecular weight is 353 g/mol. The molecule has 4 N–H and O–H groups in total. The molecule has 0 fully saturated rings. The molecule has 2 atom stereocenters. The molecule has 2 rings (SSSR count). The lowest BCUT2D eigenvalue weighted by atomic mass is 10.0. The molecule has 1 aliphatic rings. The maximum absolute atomic E-state index is 11.8. The molecule has 1 heterocycles. The molecule has 0 spiro atoms. The number of carbonyl (C=O) groups is 2. The van der Waals surface area contributed by atoms with E-state index in [1.807, 2.05) is 6.07 Å². The van der Waals surface area contributed by atoms with E-state index in [0.29, 0.717) is 23.6 Å². The topological polar surface area (TPSA) is 106 Å². The second kappa shape index (κ2) is 8.12. The number of nitrogens with one attached hydrogen (secondary N) is 2. The number of halogens is 1. The Bertz CT molecular complexity index is 661. The summed E-state index contributed by atoms with van der Waals surface area (Å²) in [5, 5.41) is 7.08. The summed E-state index contributed by atoms with van der Waals surface area (Å²) in [7, 11) is 0. The lowest BCUT2D eigenvalue weighted by Gasteiger charge is -2.17. The third-order valence-corrected chi connectivity index (χ3v) is 3.77. The first-order valence-electron chi connectivity index (χ1n) is 7.71. The van der Waals surface area contributed by atoms with Crippen molar-refractivity contribution in [2.24, 2.45) is 16.8 Å². The van der Waals surface area contributed by atoms with Gasteiger partial charge in [0.2, 0.25) is 11.8 Å². The molecular formula is C16H21ClN4O3. The van der Waals surface area contributed by atoms with Crippen molar-refractivity contribution in [1.29, 1.82) is 0 Å². The lowest BCUT2D eigenvalue weighted by molar-refractivity contribution is -0.126. The van der Waals surface area contributed by atoms with Crippen LogP contribution in [0.3, 0.4) is 0 Å². The van der Waals surface area contributed by atoms with Gasteiger partial charge in [0.25, 0.3) is 0 Å². The highest BCUT2D eigenvalue weighted by atomic mass is 35.5. The van der Waals surface area contributed by atoms with Gasteiger partial charge in [-0.3, -0.25) is 9.59 Å². The fourth-order valence-electron chi connectivity index (χ4n) is 2.14. The number of hydrogen-bond donors (Lipinski definition) is 3. The molecule has 2 amide bonds. The van der Waals surface area contributed by atoms with Crippen LogP contribution in [-0.2, 0) is 9.59 Å². The van der Waals surface area contributed by atoms with Crippen molar-refractivity contribution in [3.05, 3.63) is 28.8 Å². The minimum atomic E-state index is -0.403. The number of amides is 2. The molecule has 7 nitrogen and oxygen atoms in total. The summed E-state index contributed by atoms with van der Waals surface area (Å²) in [6.45, 7) is 3.63. The van der Waals surface area contributed by atoms with E-state index >= 15 is 0 Å². The first-order chi connectivity index (χ1) is 11.4. The molecule has 8 heteroatoms. The SMILES string of the molecule is CC(N)NC(=O)C(C)COc1ccc(C2=NNC(=O)CC2)cc1Cl. The van der Waals surface area contributed by atoms with Gasteiger partial charge in [0.05, 0.1) is 29.4 Å². The van der Waals surface area contributed by atoms with Crippen LogP contribution in [0.15, 0.2) is 23.3 Å². The molecule has 0 bridgehead atoms. The second-order valence-corrected chi connectivity index (χ2v) is 6.16. The molecule has 0 aliphatic carbocycles. The van der Waals surface area contributed by atoms with Crippen molar-refractivity contribution in [1.82, 2.24) is 10.7 Å². The van der Waals surface area contributed by atoms with Crippen LogP contribution >= 0.6 is 11.6 Å². The van der Waals surface area contributed by atoms with Gasteiger partial charge in [-0.05, 0) is 30.7 Å². The van der Waals surface area contributed by atoms with Crippen molar-refractivity contribution in [3.8, 4) is 5.75 Å². The predicted octanol–water partition coefficient (Wildman–Crippen LogP) is 1.39. The average Bonchev–Trinajstić information content (AvgIpc) is 2.53. The first kappa shape index (κ1) is 18.2. The van der Waals surface area contributed by atoms with Crippen LogP contribution < -0.4 is 21.2 Å². The van der Waals surface area contributed by atoms with Gasteiger partial charge in [-0.1, -0.05) is 18.5 Å². The van der Waals surface area contributed by atoms with Crippen molar-refractivity contribution in [2.75, 3.05) is 6.61 Å². The zero-order chi connectivity index (χ0) is 17.7. The molecule has 2 unspecified atom stereocenters. The zero-order valence-corrected chi connectivity index (χ0v) is 14.4. The van der Waals surface area contributed by atoms with Gasteiger partial charge in [0.1, 0.15) is 5.75 Å². The van der Waals surface area contributed by atoms with Gasteiger partial charge in [-0.2, -0.15) is 5.10 Å². The normalized spacial score (nSPS) is 16.7. The quantitative estimate of drug-likeness (QED) is 0.672. The van der Waals surface area contributed by atoms with E-state index in [1.165, 1.54) is 0 Å². The highest BCUT2D eigenvalue weighted by molar-refractivity contribution is 6.32. The molecule has 0 aromatic heterocycles. The summed E-state index contributed by atoms with van der Waals surface area (Å²) < 4.78 is 5.62. The van der Waals surface area contributed by atoms with Crippen molar-refractivity contribution < 1.29 is 14.3 Å². The third kappa shape index (κ3) is 4.94. The van der Waals surface area contributed by atoms with Crippen LogP contribution in [0.4, 0.5) is 0 Å². The van der Waals surface area contributed by atoms with E-state index in [1.54, 1.807) is 26.0 Å². The fourth-order valence-corrected chi connectivity index (χ4v) is 2.37. The number of rotatable bonds is 6. The number of hydrogen-bond acceptors (Lipinski definition) is 5. The summed E-state index contributed by atoms with van der Waals surface area (Å²) in [5.41, 5.74) is 9.58. The maximum Gasteiger partial charge on any atom is 0.240 e. The molecular weight excluding hydrogens is 332 g/mol. The van der Waals surface area contributed by atoms with Crippen molar-refractivity contribution in [2.45, 2.75) is 32.9 Å². The second-order valence-electron chi connectivity index (χ2n) is 5.75. The molecule has 24 heavy (non-hydrogen) atoms. The Kier molecular flexibility index (Phi) is 6.16. The largest absolute Gasteiger partial charge is 0.491 e. The highest BCUT2D eigenvalue weighted by Crippen LogP contribution is 2.27. The molecule has 1 aliphatic heterocycles. The van der Waals surface area contributed by atoms with Crippen LogP contribution in [-0.4, -0.2) is 30.3 Å². The van der Waals surface area contributed by atoms with Crippen LogP contribution in [0.1, 0.15) is 32.3 Å². The van der Waals surface area contributed by atoms with Gasteiger partial charge >= 0.3 is 0 Å². The number of ether oxygens (including phenoxy) is 1. The highest BCUT2D eigenvalue weighted by Gasteiger charge is 2.17. The van der Waals surface area contributed by atoms with E-state index in [2.05, 4.69) is 15.8 Å². The van der Waals surface area contributed by atoms with Crippen LogP contribution in [0, 0.1) is 5.92 Å². The maximum atomic E-state index is 11.8. The monoisotopic (exact) mass is 352 g/mol. The molecule has 0 radical (unpaired) electrons. The van der Waals surface area contributed by atoms with E-state index in [-0.39, 0.29) is 24.3 Å². The van der Waals surface area contributed by atoms with Crippen molar-refractivity contribution >= 4 is 29.1 Å². The molecule has 1 aromatic rings. The predicted molar refractivity (Wildman–Crippen MR) is 91.8 cm³/mol. The van der Waals surface area contributed by atoms with Crippen molar-refractivity contribution in [3.63, 3.8) is 0 Å². The van der Waals surface area contributed by atoms with E-state index < -0.39 is 6.17 Å².